The topological polar surface area (TPSA) is 29.5 Å². The molecule has 1 aliphatic rings. The van der Waals surface area contributed by atoms with Crippen molar-refractivity contribution in [2.24, 2.45) is 0 Å². The Kier molecular flexibility index (Phi) is 4.78. The summed E-state index contributed by atoms with van der Waals surface area (Å²) in [5.41, 5.74) is 2.61. The zero-order chi connectivity index (χ0) is 15.4. The average molecular weight is 315 g/mol. The maximum absolute atomic E-state index is 12.2. The summed E-state index contributed by atoms with van der Waals surface area (Å²) in [5.74, 6) is 1.45. The molecule has 0 unspecified atom stereocenters. The van der Waals surface area contributed by atoms with E-state index in [2.05, 4.69) is 16.8 Å². The molecule has 2 aromatic rings. The second kappa shape index (κ2) is 6.97. The first kappa shape index (κ1) is 15.1. The van der Waals surface area contributed by atoms with Gasteiger partial charge in [0.25, 0.3) is 5.91 Å². The summed E-state index contributed by atoms with van der Waals surface area (Å²) >= 11 is 1.75. The molecule has 2 heterocycles. The predicted molar refractivity (Wildman–Crippen MR) is 89.5 cm³/mol. The van der Waals surface area contributed by atoms with E-state index in [1.807, 2.05) is 36.1 Å². The van der Waals surface area contributed by atoms with E-state index in [0.29, 0.717) is 5.92 Å². The van der Waals surface area contributed by atoms with Crippen molar-refractivity contribution >= 4 is 17.2 Å². The largest absolute Gasteiger partial charge is 0.484 e. The number of likely N-dealkylation sites (tertiary alicyclic amines) is 1. The summed E-state index contributed by atoms with van der Waals surface area (Å²) < 4.78 is 5.59. The summed E-state index contributed by atoms with van der Waals surface area (Å²) in [5, 5.41) is 4.35. The van der Waals surface area contributed by atoms with Gasteiger partial charge in [-0.3, -0.25) is 4.79 Å². The number of aryl methyl sites for hydroxylation is 1. The van der Waals surface area contributed by atoms with E-state index in [-0.39, 0.29) is 12.5 Å². The van der Waals surface area contributed by atoms with Crippen molar-refractivity contribution < 1.29 is 9.53 Å². The second-order valence-corrected chi connectivity index (χ2v) is 6.59. The quantitative estimate of drug-likeness (QED) is 0.858. The van der Waals surface area contributed by atoms with Crippen molar-refractivity contribution in [1.82, 2.24) is 4.90 Å². The Morgan fingerprint density at radius 2 is 1.95 bits per heavy atom. The van der Waals surface area contributed by atoms with Crippen LogP contribution >= 0.6 is 11.3 Å². The van der Waals surface area contributed by atoms with Crippen LogP contribution in [0, 0.1) is 6.92 Å². The van der Waals surface area contributed by atoms with Gasteiger partial charge in [-0.25, -0.2) is 0 Å². The summed E-state index contributed by atoms with van der Waals surface area (Å²) in [6.45, 7) is 3.83. The Morgan fingerprint density at radius 1 is 1.23 bits per heavy atom. The van der Waals surface area contributed by atoms with Gasteiger partial charge in [0, 0.05) is 13.1 Å². The van der Waals surface area contributed by atoms with Crippen LogP contribution in [0.1, 0.15) is 29.9 Å². The van der Waals surface area contributed by atoms with E-state index in [9.17, 15) is 4.79 Å². The van der Waals surface area contributed by atoms with Crippen LogP contribution in [0.25, 0.3) is 0 Å². The number of benzene rings is 1. The molecule has 1 aromatic heterocycles. The molecular weight excluding hydrogens is 294 g/mol. The van der Waals surface area contributed by atoms with Crippen LogP contribution in [0.2, 0.25) is 0 Å². The molecule has 1 fully saturated rings. The number of amides is 1. The fraction of sp³-hybridized carbons (Fsp3) is 0.389. The number of piperidine rings is 1. The molecule has 0 radical (unpaired) electrons. The Balaban J connectivity index is 1.46. The van der Waals surface area contributed by atoms with Crippen LogP contribution in [0.5, 0.6) is 5.75 Å². The van der Waals surface area contributed by atoms with Gasteiger partial charge >= 0.3 is 0 Å². The molecule has 0 N–H and O–H groups in total. The maximum atomic E-state index is 12.2. The molecule has 1 amide bonds. The average Bonchev–Trinajstić information content (AvgIpc) is 3.09. The molecule has 1 aliphatic heterocycles. The molecule has 0 atom stereocenters. The molecule has 0 saturated carbocycles. The normalized spacial score (nSPS) is 15.8. The predicted octanol–water partition coefficient (Wildman–Crippen LogP) is 3.84. The number of hydrogen-bond donors (Lipinski definition) is 0. The van der Waals surface area contributed by atoms with Crippen molar-refractivity contribution in [2.45, 2.75) is 25.7 Å². The third kappa shape index (κ3) is 3.69. The van der Waals surface area contributed by atoms with Gasteiger partial charge < -0.3 is 9.64 Å². The number of nitrogens with zero attached hydrogens (tertiary/aromatic N) is 1. The molecule has 4 heteroatoms. The zero-order valence-corrected chi connectivity index (χ0v) is 13.6. The Hall–Kier alpha value is -1.81. The number of carbonyl (C=O) groups excluding carboxylic acids is 1. The monoisotopic (exact) mass is 315 g/mol. The molecule has 116 valence electrons. The van der Waals surface area contributed by atoms with Crippen LogP contribution in [-0.4, -0.2) is 30.5 Å². The summed E-state index contributed by atoms with van der Waals surface area (Å²) in [4.78, 5) is 14.2. The van der Waals surface area contributed by atoms with Crippen molar-refractivity contribution in [3.05, 3.63) is 52.2 Å². The van der Waals surface area contributed by atoms with Gasteiger partial charge in [-0.1, -0.05) is 17.7 Å². The highest BCUT2D eigenvalue weighted by atomic mass is 32.1. The second-order valence-electron chi connectivity index (χ2n) is 5.81. The molecule has 0 spiro atoms. The fourth-order valence-corrected chi connectivity index (χ4v) is 3.58. The molecule has 3 nitrogen and oxygen atoms in total. The Morgan fingerprint density at radius 3 is 2.59 bits per heavy atom. The minimum absolute atomic E-state index is 0.0874. The molecular formula is C18H21NO2S. The summed E-state index contributed by atoms with van der Waals surface area (Å²) in [6, 6.07) is 10.0. The lowest BCUT2D eigenvalue weighted by molar-refractivity contribution is -0.134. The van der Waals surface area contributed by atoms with Crippen LogP contribution < -0.4 is 4.74 Å². The van der Waals surface area contributed by atoms with E-state index >= 15 is 0 Å². The lowest BCUT2D eigenvalue weighted by Crippen LogP contribution is -2.40. The highest BCUT2D eigenvalue weighted by molar-refractivity contribution is 7.07. The molecule has 3 rings (SSSR count). The zero-order valence-electron chi connectivity index (χ0n) is 12.8. The van der Waals surface area contributed by atoms with E-state index in [0.717, 1.165) is 31.7 Å². The fourth-order valence-electron chi connectivity index (χ4n) is 2.84. The first-order valence-corrected chi connectivity index (χ1v) is 8.66. The number of carbonyl (C=O) groups is 1. The number of ether oxygens (including phenoxy) is 1. The smallest absolute Gasteiger partial charge is 0.260 e. The molecule has 1 saturated heterocycles. The van der Waals surface area contributed by atoms with Crippen LogP contribution in [-0.2, 0) is 4.79 Å². The van der Waals surface area contributed by atoms with Crippen molar-refractivity contribution in [2.75, 3.05) is 19.7 Å². The van der Waals surface area contributed by atoms with Gasteiger partial charge in [0.1, 0.15) is 5.75 Å². The first-order valence-electron chi connectivity index (χ1n) is 7.72. The lowest BCUT2D eigenvalue weighted by Gasteiger charge is -2.31. The van der Waals surface area contributed by atoms with Gasteiger partial charge in [0.05, 0.1) is 0 Å². The van der Waals surface area contributed by atoms with Crippen LogP contribution in [0.15, 0.2) is 41.1 Å². The Labute approximate surface area is 135 Å². The number of hydrogen-bond acceptors (Lipinski definition) is 3. The van der Waals surface area contributed by atoms with Crippen LogP contribution in [0.4, 0.5) is 0 Å². The lowest BCUT2D eigenvalue weighted by atomic mass is 9.91. The maximum Gasteiger partial charge on any atom is 0.260 e. The summed E-state index contributed by atoms with van der Waals surface area (Å²) in [7, 11) is 0. The number of thiophene rings is 1. The van der Waals surface area contributed by atoms with Gasteiger partial charge in [0.2, 0.25) is 0 Å². The van der Waals surface area contributed by atoms with Gasteiger partial charge in [-0.05, 0) is 60.2 Å². The first-order chi connectivity index (χ1) is 10.7. The number of rotatable bonds is 4. The highest BCUT2D eigenvalue weighted by Gasteiger charge is 2.24. The minimum Gasteiger partial charge on any atom is -0.484 e. The standard InChI is InChI=1S/C18H21NO2S/c1-14-2-4-17(5-3-14)21-12-18(20)19-9-6-15(7-10-19)16-8-11-22-13-16/h2-5,8,11,13,15H,6-7,9-10,12H2,1H3. The van der Waals surface area contributed by atoms with Gasteiger partial charge in [-0.2, -0.15) is 11.3 Å². The molecule has 0 bridgehead atoms. The molecule has 0 aliphatic carbocycles. The molecule has 22 heavy (non-hydrogen) atoms. The van der Waals surface area contributed by atoms with Crippen molar-refractivity contribution in [1.29, 1.82) is 0 Å². The minimum atomic E-state index is 0.0874. The van der Waals surface area contributed by atoms with Crippen molar-refractivity contribution in [3.8, 4) is 5.75 Å². The van der Waals surface area contributed by atoms with Crippen LogP contribution in [0.3, 0.4) is 0 Å². The Bertz CT molecular complexity index is 599. The third-order valence-electron chi connectivity index (χ3n) is 4.25. The van der Waals surface area contributed by atoms with Crippen molar-refractivity contribution in [3.63, 3.8) is 0 Å². The van der Waals surface area contributed by atoms with E-state index in [1.165, 1.54) is 11.1 Å². The SMILES string of the molecule is Cc1ccc(OCC(=O)N2CCC(c3ccsc3)CC2)cc1. The molecule has 1 aromatic carbocycles. The van der Waals surface area contributed by atoms with Gasteiger partial charge in [0.15, 0.2) is 6.61 Å². The van der Waals surface area contributed by atoms with E-state index in [4.69, 9.17) is 4.74 Å². The summed E-state index contributed by atoms with van der Waals surface area (Å²) in [6.07, 6.45) is 2.10. The van der Waals surface area contributed by atoms with Gasteiger partial charge in [-0.15, -0.1) is 0 Å². The van der Waals surface area contributed by atoms with E-state index < -0.39 is 0 Å². The van der Waals surface area contributed by atoms with E-state index in [1.54, 1.807) is 11.3 Å². The highest BCUT2D eigenvalue weighted by Crippen LogP contribution is 2.29. The third-order valence-corrected chi connectivity index (χ3v) is 4.95.